The van der Waals surface area contributed by atoms with Crippen molar-refractivity contribution in [2.45, 2.75) is 42.0 Å². The van der Waals surface area contributed by atoms with Crippen LogP contribution in [-0.4, -0.2) is 35.1 Å². The molecule has 0 aromatic heterocycles. The molecular weight excluding hydrogens is 314 g/mol. The van der Waals surface area contributed by atoms with Crippen LogP contribution in [0.1, 0.15) is 12.8 Å². The first kappa shape index (κ1) is 16.3. The lowest BCUT2D eigenvalue weighted by Crippen LogP contribution is -2.65. The third-order valence-electron chi connectivity index (χ3n) is 2.34. The first-order valence-corrected chi connectivity index (χ1v) is 5.14. The van der Waals surface area contributed by atoms with Crippen molar-refractivity contribution in [3.05, 3.63) is 0 Å². The fraction of sp³-hybridized carbons (Fsp3) is 0.875. The van der Waals surface area contributed by atoms with E-state index in [0.717, 1.165) is 0 Å². The quantitative estimate of drug-likeness (QED) is 0.612. The molecule has 1 rings (SSSR count). The number of carbonyl (C=O) groups excluding carboxylic acids is 1. The van der Waals surface area contributed by atoms with Crippen LogP contribution in [0.15, 0.2) is 0 Å². The molecule has 0 unspecified atom stereocenters. The van der Waals surface area contributed by atoms with Gasteiger partial charge in [-0.15, -0.1) is 0 Å². The molecule has 0 bridgehead atoms. The number of alkyl halides is 9. The van der Waals surface area contributed by atoms with E-state index in [2.05, 4.69) is 11.6 Å². The van der Waals surface area contributed by atoms with Crippen LogP contribution >= 0.6 is 11.6 Å². The number of hydrogen-bond donors (Lipinski definition) is 1. The minimum absolute atomic E-state index is 0.204. The van der Waals surface area contributed by atoms with E-state index in [4.69, 9.17) is 0 Å². The van der Waals surface area contributed by atoms with E-state index < -0.39 is 35.1 Å². The standard InChI is InChI=1S/C8H6ClF8NO/c9-8(16,17)7(14,15)6(12,13)5(10,11)4(19)18-3-1-2-3/h3H,1-2H2,(H,18,19). The number of amides is 1. The molecule has 1 fully saturated rings. The van der Waals surface area contributed by atoms with Gasteiger partial charge < -0.3 is 5.32 Å². The topological polar surface area (TPSA) is 29.1 Å². The Balaban J connectivity index is 3.05. The van der Waals surface area contributed by atoms with Crippen molar-refractivity contribution in [2.24, 2.45) is 0 Å². The summed E-state index contributed by atoms with van der Waals surface area (Å²) in [4.78, 5) is 10.8. The SMILES string of the molecule is O=C(NC1CC1)C(F)(F)C(F)(F)C(F)(F)C(F)(F)Cl. The van der Waals surface area contributed by atoms with Crippen molar-refractivity contribution >= 4 is 17.5 Å². The normalized spacial score (nSPS) is 18.4. The van der Waals surface area contributed by atoms with E-state index in [1.54, 1.807) is 0 Å². The van der Waals surface area contributed by atoms with Gasteiger partial charge in [0.25, 0.3) is 5.91 Å². The van der Waals surface area contributed by atoms with Crippen LogP contribution < -0.4 is 5.32 Å². The lowest BCUT2D eigenvalue weighted by atomic mass is 10.0. The number of carbonyl (C=O) groups is 1. The molecule has 0 saturated heterocycles. The largest absolute Gasteiger partial charge is 0.393 e. The van der Waals surface area contributed by atoms with Gasteiger partial charge in [-0.3, -0.25) is 4.79 Å². The van der Waals surface area contributed by atoms with Gasteiger partial charge >= 0.3 is 23.1 Å². The minimum Gasteiger partial charge on any atom is -0.348 e. The Bertz CT molecular complexity index is 375. The summed E-state index contributed by atoms with van der Waals surface area (Å²) in [5.41, 5.74) is 0. The average molecular weight is 320 g/mol. The van der Waals surface area contributed by atoms with Crippen LogP contribution in [0, 0.1) is 0 Å². The summed E-state index contributed by atoms with van der Waals surface area (Å²) in [5, 5.41) is -4.61. The maximum Gasteiger partial charge on any atom is 0.393 e. The summed E-state index contributed by atoms with van der Waals surface area (Å²) >= 11 is 3.71. The summed E-state index contributed by atoms with van der Waals surface area (Å²) < 4.78 is 101. The fourth-order valence-electron chi connectivity index (χ4n) is 1.02. The van der Waals surface area contributed by atoms with Crippen LogP contribution in [0.5, 0.6) is 0 Å². The molecule has 0 spiro atoms. The monoisotopic (exact) mass is 319 g/mol. The van der Waals surface area contributed by atoms with Crippen LogP contribution in [0.25, 0.3) is 0 Å². The smallest absolute Gasteiger partial charge is 0.348 e. The highest BCUT2D eigenvalue weighted by molar-refractivity contribution is 6.22. The second-order valence-corrected chi connectivity index (χ2v) is 4.44. The van der Waals surface area contributed by atoms with Gasteiger partial charge in [0.1, 0.15) is 0 Å². The van der Waals surface area contributed by atoms with Gasteiger partial charge in [-0.05, 0) is 24.4 Å². The zero-order valence-electron chi connectivity index (χ0n) is 8.80. The lowest BCUT2D eigenvalue weighted by molar-refractivity contribution is -0.337. The Morgan fingerprint density at radius 3 is 1.68 bits per heavy atom. The van der Waals surface area contributed by atoms with E-state index in [-0.39, 0.29) is 12.8 Å². The molecule has 112 valence electrons. The Labute approximate surface area is 106 Å². The molecule has 0 atom stereocenters. The average Bonchev–Trinajstić information content (AvgIpc) is 2.99. The molecule has 0 aromatic carbocycles. The van der Waals surface area contributed by atoms with Crippen molar-refractivity contribution in [2.75, 3.05) is 0 Å². The van der Waals surface area contributed by atoms with Crippen molar-refractivity contribution in [3.8, 4) is 0 Å². The summed E-state index contributed by atoms with van der Waals surface area (Å²) in [6.07, 6.45) is 0.408. The molecule has 1 aliphatic carbocycles. The molecule has 1 N–H and O–H groups in total. The predicted molar refractivity (Wildman–Crippen MR) is 46.8 cm³/mol. The van der Waals surface area contributed by atoms with Crippen LogP contribution in [0.3, 0.4) is 0 Å². The van der Waals surface area contributed by atoms with Crippen LogP contribution in [0.2, 0.25) is 0 Å². The second-order valence-electron chi connectivity index (χ2n) is 3.97. The molecule has 1 amide bonds. The summed E-state index contributed by atoms with van der Waals surface area (Å²) in [5.74, 6) is -22.0. The van der Waals surface area contributed by atoms with Crippen molar-refractivity contribution < 1.29 is 39.9 Å². The van der Waals surface area contributed by atoms with Gasteiger partial charge in [0.05, 0.1) is 0 Å². The van der Waals surface area contributed by atoms with Crippen molar-refractivity contribution in [3.63, 3.8) is 0 Å². The van der Waals surface area contributed by atoms with E-state index in [1.807, 2.05) is 0 Å². The summed E-state index contributed by atoms with van der Waals surface area (Å²) in [6, 6.07) is -0.848. The second kappa shape index (κ2) is 4.35. The minimum atomic E-state index is -6.65. The highest BCUT2D eigenvalue weighted by Crippen LogP contribution is 2.54. The van der Waals surface area contributed by atoms with Crippen LogP contribution in [0.4, 0.5) is 35.1 Å². The maximum absolute atomic E-state index is 13.0. The molecule has 0 heterocycles. The molecule has 0 radical (unpaired) electrons. The number of halogens is 9. The van der Waals surface area contributed by atoms with Gasteiger partial charge in [-0.25, -0.2) is 0 Å². The third kappa shape index (κ3) is 2.59. The number of hydrogen-bond acceptors (Lipinski definition) is 1. The summed E-state index contributed by atoms with van der Waals surface area (Å²) in [6.45, 7) is 0. The molecule has 0 aliphatic heterocycles. The molecule has 0 aromatic rings. The Morgan fingerprint density at radius 1 is 0.947 bits per heavy atom. The predicted octanol–water partition coefficient (Wildman–Crippen LogP) is 3.00. The van der Waals surface area contributed by atoms with Gasteiger partial charge in [0.15, 0.2) is 0 Å². The zero-order chi connectivity index (χ0) is 15.3. The Morgan fingerprint density at radius 2 is 1.37 bits per heavy atom. The number of nitrogens with one attached hydrogen (secondary N) is 1. The maximum atomic E-state index is 13.0. The summed E-state index contributed by atoms with van der Waals surface area (Å²) in [7, 11) is 0. The van der Waals surface area contributed by atoms with Crippen LogP contribution in [-0.2, 0) is 4.79 Å². The molecule has 19 heavy (non-hydrogen) atoms. The zero-order valence-corrected chi connectivity index (χ0v) is 9.56. The Kier molecular flexibility index (Phi) is 3.72. The molecule has 2 nitrogen and oxygen atoms in total. The van der Waals surface area contributed by atoms with Crippen molar-refractivity contribution in [1.29, 1.82) is 0 Å². The van der Waals surface area contributed by atoms with Gasteiger partial charge in [-0.1, -0.05) is 0 Å². The Hall–Kier alpha value is -0.800. The van der Waals surface area contributed by atoms with E-state index >= 15 is 0 Å². The highest BCUT2D eigenvalue weighted by Gasteiger charge is 2.82. The van der Waals surface area contributed by atoms with E-state index in [1.165, 1.54) is 5.32 Å². The first-order valence-electron chi connectivity index (χ1n) is 4.76. The highest BCUT2D eigenvalue weighted by atomic mass is 35.5. The van der Waals surface area contributed by atoms with Gasteiger partial charge in [0, 0.05) is 6.04 Å². The van der Waals surface area contributed by atoms with E-state index in [9.17, 15) is 39.9 Å². The van der Waals surface area contributed by atoms with Gasteiger partial charge in [-0.2, -0.15) is 35.1 Å². The third-order valence-corrected chi connectivity index (χ3v) is 2.58. The first-order chi connectivity index (χ1) is 8.25. The molecular formula is C8H6ClF8NO. The van der Waals surface area contributed by atoms with Crippen molar-refractivity contribution in [1.82, 2.24) is 5.32 Å². The molecule has 11 heteroatoms. The number of rotatable bonds is 5. The van der Waals surface area contributed by atoms with E-state index in [0.29, 0.717) is 0 Å². The molecule has 1 aliphatic rings. The lowest BCUT2D eigenvalue weighted by Gasteiger charge is -2.33. The molecule has 1 saturated carbocycles. The fourth-order valence-corrected chi connectivity index (χ4v) is 1.14. The van der Waals surface area contributed by atoms with Gasteiger partial charge in [0.2, 0.25) is 0 Å².